The molecule has 0 saturated heterocycles. The van der Waals surface area contributed by atoms with Crippen LogP contribution in [-0.2, 0) is 0 Å². The third-order valence-corrected chi connectivity index (χ3v) is 2.10. The number of methoxy groups -OCH3 is 1. The van der Waals surface area contributed by atoms with Crippen LogP contribution in [0.5, 0.6) is 5.88 Å². The molecule has 2 heterocycles. The molecule has 82 valence electrons. The predicted octanol–water partition coefficient (Wildman–Crippen LogP) is 2.34. The first kappa shape index (κ1) is 10.8. The van der Waals surface area contributed by atoms with Crippen molar-refractivity contribution in [2.24, 2.45) is 0 Å². The zero-order valence-corrected chi connectivity index (χ0v) is 9.07. The van der Waals surface area contributed by atoms with Gasteiger partial charge in [-0.25, -0.2) is 19.3 Å². The summed E-state index contributed by atoms with van der Waals surface area (Å²) in [6.45, 7) is 0. The van der Waals surface area contributed by atoms with Crippen molar-refractivity contribution < 1.29 is 9.13 Å². The van der Waals surface area contributed by atoms with Gasteiger partial charge in [-0.1, -0.05) is 0 Å². The van der Waals surface area contributed by atoms with Crippen LogP contribution in [0.3, 0.4) is 0 Å². The van der Waals surface area contributed by atoms with Crippen molar-refractivity contribution >= 4 is 11.6 Å². The molecule has 0 aromatic carbocycles. The van der Waals surface area contributed by atoms with Crippen LogP contribution in [0.25, 0.3) is 11.3 Å². The quantitative estimate of drug-likeness (QED) is 0.755. The molecule has 0 atom stereocenters. The Kier molecular flexibility index (Phi) is 2.96. The van der Waals surface area contributed by atoms with Crippen LogP contribution in [-0.4, -0.2) is 22.1 Å². The van der Waals surface area contributed by atoms with E-state index in [0.717, 1.165) is 0 Å². The van der Waals surface area contributed by atoms with Gasteiger partial charge >= 0.3 is 0 Å². The summed E-state index contributed by atoms with van der Waals surface area (Å²) in [6, 6.07) is 2.90. The zero-order chi connectivity index (χ0) is 11.5. The third-order valence-electron chi connectivity index (χ3n) is 1.92. The summed E-state index contributed by atoms with van der Waals surface area (Å²) in [5.41, 5.74) is 1.02. The summed E-state index contributed by atoms with van der Waals surface area (Å²) in [5.74, 6) is -0.598. The highest BCUT2D eigenvalue weighted by molar-refractivity contribution is 6.28. The lowest BCUT2D eigenvalue weighted by atomic mass is 10.2. The lowest BCUT2D eigenvalue weighted by Crippen LogP contribution is -1.94. The highest BCUT2D eigenvalue weighted by Gasteiger charge is 2.07. The summed E-state index contributed by atoms with van der Waals surface area (Å²) in [4.78, 5) is 11.5. The summed E-state index contributed by atoms with van der Waals surface area (Å²) < 4.78 is 18.1. The van der Waals surface area contributed by atoms with Crippen molar-refractivity contribution in [3.05, 3.63) is 35.6 Å². The molecule has 0 aliphatic rings. The van der Waals surface area contributed by atoms with E-state index in [0.29, 0.717) is 11.3 Å². The SMILES string of the molecule is COc1ncc(-c2ccnc(Cl)n2)cc1F. The topological polar surface area (TPSA) is 47.9 Å². The predicted molar refractivity (Wildman–Crippen MR) is 56.8 cm³/mol. The minimum absolute atomic E-state index is 0.0519. The Hall–Kier alpha value is -1.75. The number of rotatable bonds is 2. The van der Waals surface area contributed by atoms with Gasteiger partial charge in [0.05, 0.1) is 12.8 Å². The Labute approximate surface area is 96.1 Å². The molecule has 0 spiro atoms. The van der Waals surface area contributed by atoms with E-state index >= 15 is 0 Å². The molecule has 0 aliphatic heterocycles. The number of nitrogens with zero attached hydrogens (tertiary/aromatic N) is 3. The molecule has 0 unspecified atom stereocenters. The van der Waals surface area contributed by atoms with Crippen molar-refractivity contribution in [3.8, 4) is 17.1 Å². The number of pyridine rings is 1. The maximum absolute atomic E-state index is 13.4. The van der Waals surface area contributed by atoms with E-state index in [1.54, 1.807) is 6.07 Å². The first-order valence-electron chi connectivity index (χ1n) is 4.39. The minimum atomic E-state index is -0.547. The van der Waals surface area contributed by atoms with Gasteiger partial charge in [0, 0.05) is 18.0 Å². The molecule has 0 saturated carbocycles. The molecule has 0 aliphatic carbocycles. The molecule has 16 heavy (non-hydrogen) atoms. The molecular weight excluding hydrogens is 233 g/mol. The van der Waals surface area contributed by atoms with Crippen molar-refractivity contribution in [2.45, 2.75) is 0 Å². The fourth-order valence-electron chi connectivity index (χ4n) is 1.21. The van der Waals surface area contributed by atoms with Gasteiger partial charge in [-0.05, 0) is 23.7 Å². The molecular formula is C10H7ClFN3O. The first-order valence-corrected chi connectivity index (χ1v) is 4.77. The molecule has 0 radical (unpaired) electrons. The fourth-order valence-corrected chi connectivity index (χ4v) is 1.36. The molecule has 0 bridgehead atoms. The summed E-state index contributed by atoms with van der Waals surface area (Å²) in [6.07, 6.45) is 2.95. The minimum Gasteiger partial charge on any atom is -0.479 e. The maximum atomic E-state index is 13.4. The molecule has 2 aromatic heterocycles. The highest BCUT2D eigenvalue weighted by atomic mass is 35.5. The van der Waals surface area contributed by atoms with Crippen LogP contribution >= 0.6 is 11.6 Å². The molecule has 2 aromatic rings. The van der Waals surface area contributed by atoms with Gasteiger partial charge in [-0.3, -0.25) is 0 Å². The van der Waals surface area contributed by atoms with E-state index < -0.39 is 5.82 Å². The van der Waals surface area contributed by atoms with E-state index in [9.17, 15) is 4.39 Å². The summed E-state index contributed by atoms with van der Waals surface area (Å²) in [7, 11) is 1.35. The Morgan fingerprint density at radius 3 is 2.81 bits per heavy atom. The Balaban J connectivity index is 2.45. The van der Waals surface area contributed by atoms with Gasteiger partial charge in [0.2, 0.25) is 11.2 Å². The maximum Gasteiger partial charge on any atom is 0.250 e. The second kappa shape index (κ2) is 4.40. The van der Waals surface area contributed by atoms with Crippen molar-refractivity contribution in [3.63, 3.8) is 0 Å². The van der Waals surface area contributed by atoms with Crippen LogP contribution in [0.2, 0.25) is 5.28 Å². The fraction of sp³-hybridized carbons (Fsp3) is 0.100. The molecule has 2 rings (SSSR count). The number of halogens is 2. The number of hydrogen-bond donors (Lipinski definition) is 0. The molecule has 6 heteroatoms. The van der Waals surface area contributed by atoms with Gasteiger partial charge in [0.1, 0.15) is 0 Å². The number of hydrogen-bond acceptors (Lipinski definition) is 4. The van der Waals surface area contributed by atoms with Crippen LogP contribution in [0.4, 0.5) is 4.39 Å². The largest absolute Gasteiger partial charge is 0.479 e. The highest BCUT2D eigenvalue weighted by Crippen LogP contribution is 2.21. The van der Waals surface area contributed by atoms with Crippen molar-refractivity contribution in [2.75, 3.05) is 7.11 Å². The molecule has 0 amide bonds. The zero-order valence-electron chi connectivity index (χ0n) is 8.32. The van der Waals surface area contributed by atoms with Crippen molar-refractivity contribution in [1.82, 2.24) is 15.0 Å². The number of ether oxygens (including phenoxy) is 1. The van der Waals surface area contributed by atoms with Crippen LogP contribution in [0.1, 0.15) is 0 Å². The lowest BCUT2D eigenvalue weighted by molar-refractivity contribution is 0.369. The molecule has 0 fully saturated rings. The Morgan fingerprint density at radius 2 is 2.19 bits per heavy atom. The van der Waals surface area contributed by atoms with Crippen LogP contribution in [0, 0.1) is 5.82 Å². The standard InChI is InChI=1S/C10H7ClFN3O/c1-16-9-7(12)4-6(5-14-9)8-2-3-13-10(11)15-8/h2-5H,1H3. The van der Waals surface area contributed by atoms with Gasteiger partial charge in [0.25, 0.3) is 0 Å². The second-order valence-corrected chi connectivity index (χ2v) is 3.26. The smallest absolute Gasteiger partial charge is 0.250 e. The van der Waals surface area contributed by atoms with Crippen LogP contribution < -0.4 is 4.74 Å². The third kappa shape index (κ3) is 2.09. The first-order chi connectivity index (χ1) is 7.70. The van der Waals surface area contributed by atoms with E-state index in [2.05, 4.69) is 15.0 Å². The summed E-state index contributed by atoms with van der Waals surface area (Å²) >= 11 is 5.63. The van der Waals surface area contributed by atoms with Gasteiger partial charge in [0.15, 0.2) is 5.82 Å². The van der Waals surface area contributed by atoms with Crippen LogP contribution in [0.15, 0.2) is 24.5 Å². The van der Waals surface area contributed by atoms with Gasteiger partial charge < -0.3 is 4.74 Å². The Morgan fingerprint density at radius 1 is 1.38 bits per heavy atom. The Bertz CT molecular complexity index is 521. The number of aromatic nitrogens is 3. The van der Waals surface area contributed by atoms with E-state index in [-0.39, 0.29) is 11.2 Å². The second-order valence-electron chi connectivity index (χ2n) is 2.93. The molecule has 0 N–H and O–H groups in total. The van der Waals surface area contributed by atoms with Crippen molar-refractivity contribution in [1.29, 1.82) is 0 Å². The van der Waals surface area contributed by atoms with E-state index in [4.69, 9.17) is 16.3 Å². The monoisotopic (exact) mass is 239 g/mol. The average Bonchev–Trinajstić information content (AvgIpc) is 2.29. The summed E-state index contributed by atoms with van der Waals surface area (Å²) in [5, 5.41) is 0.105. The lowest BCUT2D eigenvalue weighted by Gasteiger charge is -2.03. The van der Waals surface area contributed by atoms with E-state index in [1.165, 1.54) is 25.6 Å². The van der Waals surface area contributed by atoms with Gasteiger partial charge in [-0.15, -0.1) is 0 Å². The molecule has 4 nitrogen and oxygen atoms in total. The van der Waals surface area contributed by atoms with Gasteiger partial charge in [-0.2, -0.15) is 0 Å². The average molecular weight is 240 g/mol. The normalized spacial score (nSPS) is 10.2. The van der Waals surface area contributed by atoms with E-state index in [1.807, 2.05) is 0 Å².